The monoisotopic (exact) mass is 334 g/mol. The molecule has 1 aliphatic carbocycles. The van der Waals surface area contributed by atoms with E-state index in [9.17, 15) is 9.90 Å². The summed E-state index contributed by atoms with van der Waals surface area (Å²) in [4.78, 5) is 12.7. The predicted molar refractivity (Wildman–Crippen MR) is 95.1 cm³/mol. The second-order valence-corrected chi connectivity index (χ2v) is 6.57. The van der Waals surface area contributed by atoms with Gasteiger partial charge in [-0.1, -0.05) is 38.3 Å². The number of hydrogen-bond donors (Lipinski definition) is 3. The lowest BCUT2D eigenvalue weighted by Crippen LogP contribution is -2.58. The second-order valence-electron chi connectivity index (χ2n) is 6.57. The molecule has 24 heavy (non-hydrogen) atoms. The zero-order valence-corrected chi connectivity index (χ0v) is 14.8. The molecule has 3 N–H and O–H groups in total. The largest absolute Gasteiger partial charge is 0.497 e. The molecule has 1 aliphatic rings. The topological polar surface area (TPSA) is 70.6 Å². The Morgan fingerprint density at radius 3 is 2.75 bits per heavy atom. The number of carbonyl (C=O) groups excluding carboxylic acids is 1. The van der Waals surface area contributed by atoms with Gasteiger partial charge in [0, 0.05) is 13.1 Å². The number of carbonyl (C=O) groups is 1. The first-order valence-electron chi connectivity index (χ1n) is 8.96. The molecular weight excluding hydrogens is 304 g/mol. The summed E-state index contributed by atoms with van der Waals surface area (Å²) in [5, 5.41) is 16.9. The molecule has 0 bridgehead atoms. The van der Waals surface area contributed by atoms with Crippen molar-refractivity contribution in [3.63, 3.8) is 0 Å². The van der Waals surface area contributed by atoms with Gasteiger partial charge < -0.3 is 20.5 Å². The fourth-order valence-electron chi connectivity index (χ4n) is 3.31. The van der Waals surface area contributed by atoms with Crippen molar-refractivity contribution in [2.45, 2.75) is 57.1 Å². The lowest BCUT2D eigenvalue weighted by Gasteiger charge is -2.37. The standard InChI is InChI=1S/C19H30N2O3/c1-3-12-20-18(23)19(10-5-4-6-11-19)21-14-17(22)15-8-7-9-16(13-15)24-2/h7-9,13,17,21-22H,3-6,10-12,14H2,1-2H3,(H,20,23). The molecule has 134 valence electrons. The highest BCUT2D eigenvalue weighted by molar-refractivity contribution is 5.86. The molecule has 1 unspecified atom stereocenters. The Bertz CT molecular complexity index is 527. The zero-order chi connectivity index (χ0) is 17.4. The third kappa shape index (κ3) is 4.71. The van der Waals surface area contributed by atoms with Gasteiger partial charge >= 0.3 is 0 Å². The summed E-state index contributed by atoms with van der Waals surface area (Å²) in [5.41, 5.74) is 0.245. The van der Waals surface area contributed by atoms with E-state index in [1.807, 2.05) is 31.2 Å². The van der Waals surface area contributed by atoms with Crippen molar-refractivity contribution in [1.29, 1.82) is 0 Å². The molecule has 2 rings (SSSR count). The minimum atomic E-state index is -0.669. The van der Waals surface area contributed by atoms with Gasteiger partial charge in [-0.15, -0.1) is 0 Å². The molecule has 1 amide bonds. The number of aliphatic hydroxyl groups excluding tert-OH is 1. The minimum absolute atomic E-state index is 0.0712. The Morgan fingerprint density at radius 2 is 2.08 bits per heavy atom. The van der Waals surface area contributed by atoms with Gasteiger partial charge in [-0.05, 0) is 37.0 Å². The Balaban J connectivity index is 2.02. The van der Waals surface area contributed by atoms with E-state index in [2.05, 4.69) is 10.6 Å². The van der Waals surface area contributed by atoms with E-state index in [0.717, 1.165) is 43.4 Å². The molecule has 5 heteroatoms. The van der Waals surface area contributed by atoms with Crippen LogP contribution in [-0.2, 0) is 4.79 Å². The molecular formula is C19H30N2O3. The Morgan fingerprint density at radius 1 is 1.33 bits per heavy atom. The number of hydrogen-bond acceptors (Lipinski definition) is 4. The lowest BCUT2D eigenvalue weighted by atomic mass is 9.80. The maximum Gasteiger partial charge on any atom is 0.240 e. The summed E-state index contributed by atoms with van der Waals surface area (Å²) in [6, 6.07) is 7.42. The summed E-state index contributed by atoms with van der Waals surface area (Å²) < 4.78 is 5.21. The summed E-state index contributed by atoms with van der Waals surface area (Å²) in [7, 11) is 1.61. The number of ether oxygens (including phenoxy) is 1. The number of nitrogens with one attached hydrogen (secondary N) is 2. The normalized spacial score (nSPS) is 18.0. The number of amides is 1. The number of β-amino-alcohol motifs (C(OH)–C–C–N with tert-alkyl or cyclic N) is 1. The van der Waals surface area contributed by atoms with Crippen LogP contribution in [-0.4, -0.2) is 36.8 Å². The van der Waals surface area contributed by atoms with Crippen LogP contribution in [0.5, 0.6) is 5.75 Å². The van der Waals surface area contributed by atoms with E-state index < -0.39 is 11.6 Å². The fraction of sp³-hybridized carbons (Fsp3) is 0.632. The van der Waals surface area contributed by atoms with Crippen LogP contribution in [0, 0.1) is 0 Å². The van der Waals surface area contributed by atoms with Crippen molar-refractivity contribution in [3.05, 3.63) is 29.8 Å². The van der Waals surface area contributed by atoms with Crippen LogP contribution >= 0.6 is 0 Å². The molecule has 0 aromatic heterocycles. The number of benzene rings is 1. The molecule has 1 saturated carbocycles. The van der Waals surface area contributed by atoms with Crippen LogP contribution in [0.1, 0.15) is 57.1 Å². The van der Waals surface area contributed by atoms with E-state index >= 15 is 0 Å². The quantitative estimate of drug-likeness (QED) is 0.683. The van der Waals surface area contributed by atoms with Crippen molar-refractivity contribution in [1.82, 2.24) is 10.6 Å². The highest BCUT2D eigenvalue weighted by Crippen LogP contribution is 2.29. The predicted octanol–water partition coefficient (Wildman–Crippen LogP) is 2.55. The average molecular weight is 334 g/mol. The van der Waals surface area contributed by atoms with Crippen LogP contribution in [0.15, 0.2) is 24.3 Å². The number of rotatable bonds is 8. The van der Waals surface area contributed by atoms with Gasteiger partial charge in [0.1, 0.15) is 5.75 Å². The summed E-state index contributed by atoms with van der Waals surface area (Å²) >= 11 is 0. The van der Waals surface area contributed by atoms with Gasteiger partial charge in [0.2, 0.25) is 5.91 Å². The van der Waals surface area contributed by atoms with E-state index in [-0.39, 0.29) is 5.91 Å². The first kappa shape index (κ1) is 18.7. The number of methoxy groups -OCH3 is 1. The van der Waals surface area contributed by atoms with Crippen LogP contribution in [0.25, 0.3) is 0 Å². The van der Waals surface area contributed by atoms with E-state index in [1.165, 1.54) is 6.42 Å². The molecule has 0 aliphatic heterocycles. The molecule has 0 heterocycles. The van der Waals surface area contributed by atoms with Crippen LogP contribution in [0.2, 0.25) is 0 Å². The molecule has 5 nitrogen and oxygen atoms in total. The molecule has 0 radical (unpaired) electrons. The molecule has 1 fully saturated rings. The molecule has 1 aromatic carbocycles. The third-order valence-electron chi connectivity index (χ3n) is 4.79. The molecule has 0 spiro atoms. The van der Waals surface area contributed by atoms with Crippen LogP contribution in [0.4, 0.5) is 0 Å². The smallest absolute Gasteiger partial charge is 0.240 e. The zero-order valence-electron chi connectivity index (χ0n) is 14.8. The fourth-order valence-corrected chi connectivity index (χ4v) is 3.31. The van der Waals surface area contributed by atoms with Gasteiger partial charge in [0.15, 0.2) is 0 Å². The Kier molecular flexibility index (Phi) is 7.06. The molecule has 0 saturated heterocycles. The maximum absolute atomic E-state index is 12.7. The van der Waals surface area contributed by atoms with Gasteiger partial charge in [-0.2, -0.15) is 0 Å². The van der Waals surface area contributed by atoms with Crippen molar-refractivity contribution >= 4 is 5.91 Å². The molecule has 1 atom stereocenters. The first-order chi connectivity index (χ1) is 11.6. The Labute approximate surface area is 144 Å². The SMILES string of the molecule is CCCNC(=O)C1(NCC(O)c2cccc(OC)c2)CCCCC1. The third-order valence-corrected chi connectivity index (χ3v) is 4.79. The summed E-state index contributed by atoms with van der Waals surface area (Å²) in [6.45, 7) is 3.10. The van der Waals surface area contributed by atoms with Gasteiger partial charge in [0.25, 0.3) is 0 Å². The second kappa shape index (κ2) is 9.04. The number of aliphatic hydroxyl groups is 1. The van der Waals surface area contributed by atoms with Gasteiger partial charge in [-0.3, -0.25) is 4.79 Å². The van der Waals surface area contributed by atoms with Crippen molar-refractivity contribution in [3.8, 4) is 5.75 Å². The van der Waals surface area contributed by atoms with Gasteiger partial charge in [0.05, 0.1) is 18.8 Å². The highest BCUT2D eigenvalue weighted by atomic mass is 16.5. The average Bonchev–Trinajstić information content (AvgIpc) is 2.64. The van der Waals surface area contributed by atoms with Crippen molar-refractivity contribution < 1.29 is 14.6 Å². The van der Waals surface area contributed by atoms with Crippen LogP contribution < -0.4 is 15.4 Å². The molecule has 1 aromatic rings. The Hall–Kier alpha value is -1.59. The van der Waals surface area contributed by atoms with Gasteiger partial charge in [-0.25, -0.2) is 0 Å². The van der Waals surface area contributed by atoms with E-state index in [1.54, 1.807) is 7.11 Å². The summed E-state index contributed by atoms with van der Waals surface area (Å²) in [6.07, 6.45) is 5.17. The maximum atomic E-state index is 12.7. The van der Waals surface area contributed by atoms with Crippen molar-refractivity contribution in [2.75, 3.05) is 20.2 Å². The highest BCUT2D eigenvalue weighted by Gasteiger charge is 2.39. The van der Waals surface area contributed by atoms with Crippen molar-refractivity contribution in [2.24, 2.45) is 0 Å². The first-order valence-corrected chi connectivity index (χ1v) is 8.96. The van der Waals surface area contributed by atoms with Crippen LogP contribution in [0.3, 0.4) is 0 Å². The minimum Gasteiger partial charge on any atom is -0.497 e. The van der Waals surface area contributed by atoms with E-state index in [4.69, 9.17) is 4.74 Å². The lowest BCUT2D eigenvalue weighted by molar-refractivity contribution is -0.129. The van der Waals surface area contributed by atoms with E-state index in [0.29, 0.717) is 13.1 Å². The summed E-state index contributed by atoms with van der Waals surface area (Å²) in [5.74, 6) is 0.793.